The lowest BCUT2D eigenvalue weighted by Gasteiger charge is -2.26. The molecule has 18 heavy (non-hydrogen) atoms. The molecule has 1 aliphatic carbocycles. The molecule has 1 aromatic rings. The van der Waals surface area contributed by atoms with Gasteiger partial charge in [0.25, 0.3) is 0 Å². The van der Waals surface area contributed by atoms with Crippen molar-refractivity contribution in [3.05, 3.63) is 23.7 Å². The van der Waals surface area contributed by atoms with Crippen molar-refractivity contribution in [3.63, 3.8) is 0 Å². The fourth-order valence-corrected chi connectivity index (χ4v) is 2.68. The van der Waals surface area contributed by atoms with Crippen LogP contribution in [0.15, 0.2) is 16.5 Å². The number of hydrogen-bond acceptors (Lipinski definition) is 3. The molecule has 3 nitrogen and oxygen atoms in total. The molecule has 1 saturated carbocycles. The van der Waals surface area contributed by atoms with Crippen LogP contribution in [0.25, 0.3) is 0 Å². The molecule has 2 N–H and O–H groups in total. The van der Waals surface area contributed by atoms with Crippen molar-refractivity contribution in [2.45, 2.75) is 39.2 Å². The summed E-state index contributed by atoms with van der Waals surface area (Å²) < 4.78 is 6.01. The molecule has 0 bridgehead atoms. The lowest BCUT2D eigenvalue weighted by atomic mass is 10.1. The Morgan fingerprint density at radius 3 is 2.61 bits per heavy atom. The molecule has 0 radical (unpaired) electrons. The van der Waals surface area contributed by atoms with Crippen molar-refractivity contribution in [2.24, 2.45) is 17.6 Å². The van der Waals surface area contributed by atoms with Gasteiger partial charge in [-0.25, -0.2) is 0 Å². The van der Waals surface area contributed by atoms with Crippen LogP contribution < -0.4 is 5.73 Å². The quantitative estimate of drug-likeness (QED) is 0.844. The van der Waals surface area contributed by atoms with Crippen molar-refractivity contribution < 1.29 is 4.42 Å². The third kappa shape index (κ3) is 2.96. The van der Waals surface area contributed by atoms with E-state index in [2.05, 4.69) is 44.9 Å². The van der Waals surface area contributed by atoms with Crippen LogP contribution in [0, 0.1) is 11.8 Å². The van der Waals surface area contributed by atoms with Crippen LogP contribution in [-0.4, -0.2) is 25.0 Å². The number of nitrogens with zero attached hydrogens (tertiary/aromatic N) is 1. The first kappa shape index (κ1) is 13.6. The summed E-state index contributed by atoms with van der Waals surface area (Å²) in [6.45, 7) is 8.37. The SMILES string of the molecule is CC(C)CN(C)C(CN)c1ccc(C2CC2C)o1. The highest BCUT2D eigenvalue weighted by Crippen LogP contribution is 2.47. The van der Waals surface area contributed by atoms with Gasteiger partial charge in [0.2, 0.25) is 0 Å². The monoisotopic (exact) mass is 250 g/mol. The Balaban J connectivity index is 2.05. The van der Waals surface area contributed by atoms with E-state index in [1.807, 2.05) is 0 Å². The summed E-state index contributed by atoms with van der Waals surface area (Å²) in [6.07, 6.45) is 1.27. The van der Waals surface area contributed by atoms with Crippen LogP contribution in [0.1, 0.15) is 50.7 Å². The van der Waals surface area contributed by atoms with Crippen molar-refractivity contribution in [1.82, 2.24) is 4.90 Å². The molecule has 102 valence electrons. The molecule has 0 saturated heterocycles. The predicted octanol–water partition coefficient (Wildman–Crippen LogP) is 2.99. The molecule has 0 aromatic carbocycles. The molecule has 0 aliphatic heterocycles. The molecule has 2 rings (SSSR count). The Morgan fingerprint density at radius 1 is 1.44 bits per heavy atom. The molecule has 3 unspecified atom stereocenters. The molecule has 1 heterocycles. The zero-order valence-corrected chi connectivity index (χ0v) is 12.0. The second-order valence-electron chi connectivity index (χ2n) is 6.14. The maximum absolute atomic E-state index is 6.01. The zero-order valence-electron chi connectivity index (χ0n) is 12.0. The average molecular weight is 250 g/mol. The average Bonchev–Trinajstić information content (AvgIpc) is 2.83. The first-order chi connectivity index (χ1) is 8.52. The van der Waals surface area contributed by atoms with E-state index in [4.69, 9.17) is 10.2 Å². The van der Waals surface area contributed by atoms with Crippen LogP contribution >= 0.6 is 0 Å². The molecule has 1 aliphatic rings. The third-order valence-electron chi connectivity index (χ3n) is 3.86. The van der Waals surface area contributed by atoms with Crippen LogP contribution in [0.3, 0.4) is 0 Å². The van der Waals surface area contributed by atoms with Gasteiger partial charge in [-0.15, -0.1) is 0 Å². The lowest BCUT2D eigenvalue weighted by molar-refractivity contribution is 0.197. The Kier molecular flexibility index (Phi) is 4.13. The van der Waals surface area contributed by atoms with Gasteiger partial charge in [-0.2, -0.15) is 0 Å². The van der Waals surface area contributed by atoms with Crippen LogP contribution in [-0.2, 0) is 0 Å². The number of furan rings is 1. The molecule has 0 spiro atoms. The third-order valence-corrected chi connectivity index (χ3v) is 3.86. The minimum absolute atomic E-state index is 0.204. The van der Waals surface area contributed by atoms with E-state index in [-0.39, 0.29) is 6.04 Å². The van der Waals surface area contributed by atoms with E-state index in [1.54, 1.807) is 0 Å². The molecule has 1 aromatic heterocycles. The van der Waals surface area contributed by atoms with Crippen molar-refractivity contribution in [2.75, 3.05) is 20.1 Å². The highest BCUT2D eigenvalue weighted by molar-refractivity contribution is 5.19. The van der Waals surface area contributed by atoms with E-state index < -0.39 is 0 Å². The van der Waals surface area contributed by atoms with Crippen LogP contribution in [0.4, 0.5) is 0 Å². The summed E-state index contributed by atoms with van der Waals surface area (Å²) in [7, 11) is 2.12. The van der Waals surface area contributed by atoms with Crippen molar-refractivity contribution in [3.8, 4) is 0 Å². The maximum atomic E-state index is 6.01. The first-order valence-corrected chi connectivity index (χ1v) is 7.02. The first-order valence-electron chi connectivity index (χ1n) is 7.02. The predicted molar refractivity (Wildman–Crippen MR) is 74.5 cm³/mol. The number of hydrogen-bond donors (Lipinski definition) is 1. The van der Waals surface area contributed by atoms with E-state index in [0.29, 0.717) is 18.4 Å². The Hall–Kier alpha value is -0.800. The van der Waals surface area contributed by atoms with Crippen molar-refractivity contribution >= 4 is 0 Å². The molecule has 0 amide bonds. The fraction of sp³-hybridized carbons (Fsp3) is 0.733. The molecule has 1 fully saturated rings. The van der Waals surface area contributed by atoms with Crippen LogP contribution in [0.5, 0.6) is 0 Å². The largest absolute Gasteiger partial charge is 0.464 e. The standard InChI is InChI=1S/C15H26N2O/c1-10(2)9-17(4)13(8-16)15-6-5-14(18-15)12-7-11(12)3/h5-6,10-13H,7-9,16H2,1-4H3. The van der Waals surface area contributed by atoms with Crippen LogP contribution in [0.2, 0.25) is 0 Å². The lowest BCUT2D eigenvalue weighted by Crippen LogP contribution is -2.32. The number of nitrogens with two attached hydrogens (primary N) is 1. The second kappa shape index (κ2) is 5.45. The minimum atomic E-state index is 0.204. The van der Waals surface area contributed by atoms with Crippen molar-refractivity contribution in [1.29, 1.82) is 0 Å². The smallest absolute Gasteiger partial charge is 0.122 e. The Morgan fingerprint density at radius 2 is 2.11 bits per heavy atom. The van der Waals surface area contributed by atoms with Gasteiger partial charge in [0.1, 0.15) is 11.5 Å². The highest BCUT2D eigenvalue weighted by Gasteiger charge is 2.37. The highest BCUT2D eigenvalue weighted by atomic mass is 16.3. The van der Waals surface area contributed by atoms with Gasteiger partial charge in [0, 0.05) is 19.0 Å². The summed E-state index contributed by atoms with van der Waals surface area (Å²) in [5, 5.41) is 0. The van der Waals surface area contributed by atoms with Gasteiger partial charge in [-0.3, -0.25) is 4.90 Å². The van der Waals surface area contributed by atoms with Gasteiger partial charge in [-0.05, 0) is 37.4 Å². The second-order valence-corrected chi connectivity index (χ2v) is 6.14. The molecular formula is C15H26N2O. The summed E-state index contributed by atoms with van der Waals surface area (Å²) in [5.74, 6) is 4.24. The van der Waals surface area contributed by atoms with Gasteiger partial charge < -0.3 is 10.2 Å². The summed E-state index contributed by atoms with van der Waals surface area (Å²) >= 11 is 0. The Bertz CT molecular complexity index is 386. The van der Waals surface area contributed by atoms with E-state index in [9.17, 15) is 0 Å². The summed E-state index contributed by atoms with van der Waals surface area (Å²) in [6, 6.07) is 4.44. The topological polar surface area (TPSA) is 42.4 Å². The normalized spacial score (nSPS) is 24.8. The minimum Gasteiger partial charge on any atom is -0.464 e. The molecule has 3 heteroatoms. The van der Waals surface area contributed by atoms with Gasteiger partial charge in [0.05, 0.1) is 6.04 Å². The molecule has 3 atom stereocenters. The van der Waals surface area contributed by atoms with E-state index >= 15 is 0 Å². The van der Waals surface area contributed by atoms with Gasteiger partial charge >= 0.3 is 0 Å². The summed E-state index contributed by atoms with van der Waals surface area (Å²) in [5.41, 5.74) is 5.91. The Labute approximate surface area is 110 Å². The molecular weight excluding hydrogens is 224 g/mol. The number of rotatable bonds is 6. The number of likely N-dealkylation sites (N-methyl/N-ethyl adjacent to an activating group) is 1. The fourth-order valence-electron chi connectivity index (χ4n) is 2.68. The van der Waals surface area contributed by atoms with Gasteiger partial charge in [-0.1, -0.05) is 20.8 Å². The maximum Gasteiger partial charge on any atom is 0.122 e. The van der Waals surface area contributed by atoms with E-state index in [1.165, 1.54) is 6.42 Å². The van der Waals surface area contributed by atoms with E-state index in [0.717, 1.165) is 24.0 Å². The summed E-state index contributed by atoms with van der Waals surface area (Å²) in [4.78, 5) is 2.30. The van der Waals surface area contributed by atoms with Gasteiger partial charge in [0.15, 0.2) is 0 Å². The zero-order chi connectivity index (χ0) is 13.3.